The highest BCUT2D eigenvalue weighted by Crippen LogP contribution is 2.25. The Kier molecular flexibility index (Phi) is 3.82. The summed E-state index contributed by atoms with van der Waals surface area (Å²) in [5.74, 6) is 0.0584. The van der Waals surface area contributed by atoms with E-state index in [4.69, 9.17) is 16.3 Å². The second kappa shape index (κ2) is 5.78. The average Bonchev–Trinajstić information content (AvgIpc) is 2.53. The Balaban J connectivity index is 2.04. The van der Waals surface area contributed by atoms with Crippen LogP contribution in [0.25, 0.3) is 10.8 Å². The molecule has 4 heteroatoms. The maximum absolute atomic E-state index is 13.1. The van der Waals surface area contributed by atoms with Gasteiger partial charge in [-0.25, -0.2) is 4.39 Å². The van der Waals surface area contributed by atoms with Crippen molar-refractivity contribution in [2.45, 2.75) is 0 Å². The lowest BCUT2D eigenvalue weighted by Gasteiger charge is -2.07. The van der Waals surface area contributed by atoms with E-state index in [0.717, 1.165) is 22.6 Å². The van der Waals surface area contributed by atoms with Crippen molar-refractivity contribution in [2.75, 3.05) is 7.11 Å². The minimum atomic E-state index is -0.466. The molecule has 0 atom stereocenters. The van der Waals surface area contributed by atoms with Gasteiger partial charge in [-0.3, -0.25) is 4.79 Å². The summed E-state index contributed by atoms with van der Waals surface area (Å²) in [5.41, 5.74) is 0.794. The third kappa shape index (κ3) is 2.68. The minimum Gasteiger partial charge on any atom is -0.497 e. The van der Waals surface area contributed by atoms with Gasteiger partial charge in [-0.1, -0.05) is 29.8 Å². The Morgan fingerprint density at radius 3 is 2.45 bits per heavy atom. The summed E-state index contributed by atoms with van der Waals surface area (Å²) in [6, 6.07) is 14.8. The molecule has 0 heterocycles. The van der Waals surface area contributed by atoms with Crippen molar-refractivity contribution in [2.24, 2.45) is 0 Å². The number of rotatable bonds is 3. The molecule has 0 saturated heterocycles. The molecule has 3 aromatic rings. The maximum Gasteiger partial charge on any atom is 0.194 e. The fourth-order valence-corrected chi connectivity index (χ4v) is 2.57. The molecule has 0 fully saturated rings. The lowest BCUT2D eigenvalue weighted by molar-refractivity contribution is 0.103. The van der Waals surface area contributed by atoms with Gasteiger partial charge in [0.15, 0.2) is 5.78 Å². The molecular weight excluding hydrogens is 303 g/mol. The monoisotopic (exact) mass is 314 g/mol. The normalized spacial score (nSPS) is 10.7. The highest BCUT2D eigenvalue weighted by molar-refractivity contribution is 6.35. The standard InChI is InChI=1S/C18H12ClFO2/c1-22-15-6-4-11-8-13(3-2-12(11)9-15)18(21)16-7-5-14(20)10-17(16)19/h2-10H,1H3. The third-order valence-electron chi connectivity index (χ3n) is 3.49. The Morgan fingerprint density at radius 1 is 1.00 bits per heavy atom. The van der Waals surface area contributed by atoms with E-state index in [0.29, 0.717) is 5.56 Å². The number of ether oxygens (including phenoxy) is 1. The average molecular weight is 315 g/mol. The van der Waals surface area contributed by atoms with Gasteiger partial charge in [-0.05, 0) is 47.2 Å². The number of carbonyl (C=O) groups excluding carboxylic acids is 1. The summed E-state index contributed by atoms with van der Waals surface area (Å²) in [4.78, 5) is 12.5. The number of hydrogen-bond donors (Lipinski definition) is 0. The van der Waals surface area contributed by atoms with Crippen molar-refractivity contribution < 1.29 is 13.9 Å². The second-order valence-corrected chi connectivity index (χ2v) is 5.29. The van der Waals surface area contributed by atoms with Crippen LogP contribution in [-0.2, 0) is 0 Å². The maximum atomic E-state index is 13.1. The predicted octanol–water partition coefficient (Wildman–Crippen LogP) is 4.87. The zero-order valence-corrected chi connectivity index (χ0v) is 12.5. The van der Waals surface area contributed by atoms with Gasteiger partial charge in [0.1, 0.15) is 11.6 Å². The van der Waals surface area contributed by atoms with Crippen molar-refractivity contribution in [1.29, 1.82) is 0 Å². The number of methoxy groups -OCH3 is 1. The van der Waals surface area contributed by atoms with Crippen LogP contribution < -0.4 is 4.74 Å². The quantitative estimate of drug-likeness (QED) is 0.645. The van der Waals surface area contributed by atoms with Gasteiger partial charge < -0.3 is 4.74 Å². The van der Waals surface area contributed by atoms with Crippen molar-refractivity contribution in [3.8, 4) is 5.75 Å². The molecule has 0 unspecified atom stereocenters. The van der Waals surface area contributed by atoms with E-state index < -0.39 is 5.82 Å². The van der Waals surface area contributed by atoms with E-state index in [9.17, 15) is 9.18 Å². The largest absolute Gasteiger partial charge is 0.497 e. The number of carbonyl (C=O) groups is 1. The molecule has 0 saturated carbocycles. The van der Waals surface area contributed by atoms with Gasteiger partial charge >= 0.3 is 0 Å². The fourth-order valence-electron chi connectivity index (χ4n) is 2.32. The first-order chi connectivity index (χ1) is 10.6. The number of fused-ring (bicyclic) bond motifs is 1. The van der Waals surface area contributed by atoms with Crippen LogP contribution in [0.3, 0.4) is 0 Å². The smallest absolute Gasteiger partial charge is 0.194 e. The zero-order chi connectivity index (χ0) is 15.7. The molecule has 3 aromatic carbocycles. The van der Waals surface area contributed by atoms with Crippen LogP contribution in [0, 0.1) is 5.82 Å². The molecule has 22 heavy (non-hydrogen) atoms. The van der Waals surface area contributed by atoms with Crippen LogP contribution >= 0.6 is 11.6 Å². The van der Waals surface area contributed by atoms with Gasteiger partial charge in [0.25, 0.3) is 0 Å². The topological polar surface area (TPSA) is 26.3 Å². The molecule has 0 aliphatic rings. The second-order valence-electron chi connectivity index (χ2n) is 4.88. The number of ketones is 1. The molecule has 110 valence electrons. The highest BCUT2D eigenvalue weighted by Gasteiger charge is 2.14. The summed E-state index contributed by atoms with van der Waals surface area (Å²) in [7, 11) is 1.61. The minimum absolute atomic E-state index is 0.111. The molecule has 0 bridgehead atoms. The van der Waals surface area contributed by atoms with Crippen molar-refractivity contribution in [3.63, 3.8) is 0 Å². The third-order valence-corrected chi connectivity index (χ3v) is 3.80. The molecule has 0 N–H and O–H groups in total. The predicted molar refractivity (Wildman–Crippen MR) is 85.3 cm³/mol. The fraction of sp³-hybridized carbons (Fsp3) is 0.0556. The van der Waals surface area contributed by atoms with Gasteiger partial charge in [0.05, 0.1) is 12.1 Å². The molecule has 0 aliphatic carbocycles. The summed E-state index contributed by atoms with van der Waals surface area (Å²) in [6.07, 6.45) is 0. The van der Waals surface area contributed by atoms with Crippen LogP contribution in [-0.4, -0.2) is 12.9 Å². The van der Waals surface area contributed by atoms with E-state index in [1.165, 1.54) is 12.1 Å². The lowest BCUT2D eigenvalue weighted by atomic mass is 10.00. The zero-order valence-electron chi connectivity index (χ0n) is 11.8. The number of hydrogen-bond acceptors (Lipinski definition) is 2. The van der Waals surface area contributed by atoms with Gasteiger partial charge in [0, 0.05) is 11.1 Å². The molecule has 2 nitrogen and oxygen atoms in total. The molecule has 0 spiro atoms. The van der Waals surface area contributed by atoms with E-state index in [1.54, 1.807) is 19.2 Å². The molecular formula is C18H12ClFO2. The van der Waals surface area contributed by atoms with E-state index in [-0.39, 0.29) is 16.4 Å². The van der Waals surface area contributed by atoms with Crippen molar-refractivity contribution >= 4 is 28.2 Å². The Morgan fingerprint density at radius 2 is 1.73 bits per heavy atom. The summed E-state index contributed by atoms with van der Waals surface area (Å²) in [6.45, 7) is 0. The highest BCUT2D eigenvalue weighted by atomic mass is 35.5. The molecule has 0 aliphatic heterocycles. The number of halogens is 2. The van der Waals surface area contributed by atoms with E-state index in [1.807, 2.05) is 24.3 Å². The Hall–Kier alpha value is -2.39. The van der Waals surface area contributed by atoms with E-state index in [2.05, 4.69) is 0 Å². The molecule has 0 amide bonds. The van der Waals surface area contributed by atoms with Gasteiger partial charge in [-0.15, -0.1) is 0 Å². The van der Waals surface area contributed by atoms with Gasteiger partial charge in [0.2, 0.25) is 0 Å². The summed E-state index contributed by atoms with van der Waals surface area (Å²) < 4.78 is 18.3. The SMILES string of the molecule is COc1ccc2cc(C(=O)c3ccc(F)cc3Cl)ccc2c1. The van der Waals surface area contributed by atoms with Crippen LogP contribution in [0.4, 0.5) is 4.39 Å². The Labute approximate surface area is 132 Å². The first-order valence-electron chi connectivity index (χ1n) is 6.66. The molecule has 3 rings (SSSR count). The summed E-state index contributed by atoms with van der Waals surface area (Å²) >= 11 is 5.95. The molecule has 0 aromatic heterocycles. The first-order valence-corrected chi connectivity index (χ1v) is 7.04. The van der Waals surface area contributed by atoms with Crippen LogP contribution in [0.5, 0.6) is 5.75 Å². The summed E-state index contributed by atoms with van der Waals surface area (Å²) in [5, 5.41) is 2.01. The molecule has 0 radical (unpaired) electrons. The Bertz CT molecular complexity index is 874. The van der Waals surface area contributed by atoms with Crippen LogP contribution in [0.1, 0.15) is 15.9 Å². The van der Waals surface area contributed by atoms with Crippen molar-refractivity contribution in [1.82, 2.24) is 0 Å². The lowest BCUT2D eigenvalue weighted by Crippen LogP contribution is -2.02. The number of benzene rings is 3. The van der Waals surface area contributed by atoms with Gasteiger partial charge in [-0.2, -0.15) is 0 Å². The van der Waals surface area contributed by atoms with E-state index >= 15 is 0 Å². The van der Waals surface area contributed by atoms with Crippen molar-refractivity contribution in [3.05, 3.63) is 76.6 Å². The van der Waals surface area contributed by atoms with Crippen LogP contribution in [0.2, 0.25) is 5.02 Å². The van der Waals surface area contributed by atoms with Crippen LogP contribution in [0.15, 0.2) is 54.6 Å². The first kappa shape index (κ1) is 14.5.